The van der Waals surface area contributed by atoms with Crippen LogP contribution in [0, 0.1) is 0 Å². The van der Waals surface area contributed by atoms with E-state index in [2.05, 4.69) is 31.2 Å². The van der Waals surface area contributed by atoms with Crippen molar-refractivity contribution in [1.82, 2.24) is 9.97 Å². The van der Waals surface area contributed by atoms with E-state index in [1.165, 1.54) is 12.1 Å². The molecule has 1 saturated heterocycles. The lowest BCUT2D eigenvalue weighted by atomic mass is 10.2. The van der Waals surface area contributed by atoms with Crippen LogP contribution in [0.4, 0.5) is 11.6 Å². The Morgan fingerprint density at radius 3 is 2.56 bits per heavy atom. The minimum atomic E-state index is -3.72. The molecule has 0 spiro atoms. The van der Waals surface area contributed by atoms with Gasteiger partial charge in [0.15, 0.2) is 0 Å². The zero-order valence-corrected chi connectivity index (χ0v) is 15.6. The molecule has 0 atom stereocenters. The molecule has 2 aromatic rings. The van der Waals surface area contributed by atoms with Crippen LogP contribution in [0.3, 0.4) is 0 Å². The summed E-state index contributed by atoms with van der Waals surface area (Å²) < 4.78 is 34.4. The van der Waals surface area contributed by atoms with E-state index < -0.39 is 10.0 Å². The van der Waals surface area contributed by atoms with Gasteiger partial charge in [-0.3, -0.25) is 0 Å². The SMILES string of the molecule is NS(=O)(=O)c1ccc(Nc2ncc(Br)c(OC3CCOCC3)n2)cc1. The lowest BCUT2D eigenvalue weighted by Crippen LogP contribution is -2.26. The number of benzene rings is 1. The molecule has 3 N–H and O–H groups in total. The van der Waals surface area contributed by atoms with Crippen LogP contribution in [0.5, 0.6) is 5.88 Å². The van der Waals surface area contributed by atoms with Gasteiger partial charge in [-0.25, -0.2) is 18.5 Å². The van der Waals surface area contributed by atoms with Crippen LogP contribution in [0.2, 0.25) is 0 Å². The van der Waals surface area contributed by atoms with Gasteiger partial charge in [0.2, 0.25) is 21.9 Å². The van der Waals surface area contributed by atoms with Crippen molar-refractivity contribution in [3.63, 3.8) is 0 Å². The maximum atomic E-state index is 11.3. The largest absolute Gasteiger partial charge is 0.473 e. The van der Waals surface area contributed by atoms with Crippen LogP contribution in [-0.4, -0.2) is 37.7 Å². The first-order valence-corrected chi connectivity index (χ1v) is 9.92. The van der Waals surface area contributed by atoms with Crippen molar-refractivity contribution in [2.75, 3.05) is 18.5 Å². The number of halogens is 1. The molecule has 1 fully saturated rings. The lowest BCUT2D eigenvalue weighted by Gasteiger charge is -2.23. The summed E-state index contributed by atoms with van der Waals surface area (Å²) in [4.78, 5) is 8.58. The molecule has 1 aliphatic heterocycles. The van der Waals surface area contributed by atoms with Crippen LogP contribution >= 0.6 is 15.9 Å². The highest BCUT2D eigenvalue weighted by Crippen LogP contribution is 2.27. The Hall–Kier alpha value is -1.75. The van der Waals surface area contributed by atoms with Gasteiger partial charge < -0.3 is 14.8 Å². The Morgan fingerprint density at radius 2 is 1.92 bits per heavy atom. The number of nitrogens with one attached hydrogen (secondary N) is 1. The van der Waals surface area contributed by atoms with Gasteiger partial charge >= 0.3 is 0 Å². The molecule has 1 aromatic heterocycles. The van der Waals surface area contributed by atoms with E-state index in [0.29, 0.717) is 35.2 Å². The van der Waals surface area contributed by atoms with Gasteiger partial charge in [-0.1, -0.05) is 0 Å². The van der Waals surface area contributed by atoms with Crippen molar-refractivity contribution in [1.29, 1.82) is 0 Å². The van der Waals surface area contributed by atoms with Gasteiger partial charge in [0.25, 0.3) is 0 Å². The number of aromatic nitrogens is 2. The first-order valence-electron chi connectivity index (χ1n) is 7.58. The van der Waals surface area contributed by atoms with Gasteiger partial charge in [-0.15, -0.1) is 0 Å². The third-order valence-electron chi connectivity index (χ3n) is 3.60. The molecule has 134 valence electrons. The maximum absolute atomic E-state index is 11.3. The van der Waals surface area contributed by atoms with Gasteiger partial charge in [-0.2, -0.15) is 4.98 Å². The molecule has 10 heteroatoms. The summed E-state index contributed by atoms with van der Waals surface area (Å²) in [7, 11) is -3.72. The molecular weight excluding hydrogens is 412 g/mol. The van der Waals surface area contributed by atoms with Gasteiger partial charge in [0.1, 0.15) is 6.10 Å². The van der Waals surface area contributed by atoms with Crippen molar-refractivity contribution < 1.29 is 17.9 Å². The van der Waals surface area contributed by atoms with E-state index in [4.69, 9.17) is 14.6 Å². The fourth-order valence-electron chi connectivity index (χ4n) is 2.30. The fraction of sp³-hybridized carbons (Fsp3) is 0.333. The summed E-state index contributed by atoms with van der Waals surface area (Å²) in [6, 6.07) is 6.00. The average molecular weight is 429 g/mol. The zero-order valence-electron chi connectivity index (χ0n) is 13.2. The molecular formula is C15H17BrN4O4S. The summed E-state index contributed by atoms with van der Waals surface area (Å²) >= 11 is 3.38. The number of primary sulfonamides is 1. The number of hydrogen-bond donors (Lipinski definition) is 2. The van der Waals surface area contributed by atoms with Gasteiger partial charge in [0, 0.05) is 18.5 Å². The van der Waals surface area contributed by atoms with Crippen molar-refractivity contribution in [2.45, 2.75) is 23.8 Å². The molecule has 0 aliphatic carbocycles. The molecule has 2 heterocycles. The van der Waals surface area contributed by atoms with E-state index in [9.17, 15) is 8.42 Å². The minimum Gasteiger partial charge on any atom is -0.473 e. The van der Waals surface area contributed by atoms with E-state index in [1.54, 1.807) is 18.3 Å². The second kappa shape index (κ2) is 7.65. The topological polar surface area (TPSA) is 116 Å². The molecule has 8 nitrogen and oxygen atoms in total. The van der Waals surface area contributed by atoms with Crippen LogP contribution in [0.1, 0.15) is 12.8 Å². The Bertz CT molecular complexity index is 839. The first kappa shape index (κ1) is 18.1. The Morgan fingerprint density at radius 1 is 1.24 bits per heavy atom. The van der Waals surface area contributed by atoms with Crippen molar-refractivity contribution in [3.05, 3.63) is 34.9 Å². The predicted molar refractivity (Wildman–Crippen MR) is 95.3 cm³/mol. The molecule has 0 unspecified atom stereocenters. The van der Waals surface area contributed by atoms with E-state index >= 15 is 0 Å². The Labute approximate surface area is 153 Å². The number of anilines is 2. The van der Waals surface area contributed by atoms with Crippen molar-refractivity contribution >= 4 is 37.6 Å². The maximum Gasteiger partial charge on any atom is 0.238 e. The summed E-state index contributed by atoms with van der Waals surface area (Å²) in [5.41, 5.74) is 0.631. The molecule has 1 aromatic carbocycles. The summed E-state index contributed by atoms with van der Waals surface area (Å²) in [5, 5.41) is 8.09. The Balaban J connectivity index is 1.73. The number of hydrogen-bond acceptors (Lipinski definition) is 7. The number of nitrogens with zero attached hydrogens (tertiary/aromatic N) is 2. The molecule has 3 rings (SSSR count). The van der Waals surface area contributed by atoms with Crippen LogP contribution in [0.15, 0.2) is 39.8 Å². The van der Waals surface area contributed by atoms with Crippen molar-refractivity contribution in [3.8, 4) is 5.88 Å². The summed E-state index contributed by atoms with van der Waals surface area (Å²) in [6.45, 7) is 1.35. The minimum absolute atomic E-state index is 0.0401. The number of ether oxygens (including phenoxy) is 2. The second-order valence-corrected chi connectivity index (χ2v) is 7.89. The molecule has 0 saturated carbocycles. The molecule has 25 heavy (non-hydrogen) atoms. The standard InChI is InChI=1S/C15H17BrN4O4S/c16-13-9-18-15(20-14(13)24-11-5-7-23-8-6-11)19-10-1-3-12(4-2-10)25(17,21)22/h1-4,9,11H,5-8H2,(H2,17,21,22)(H,18,19,20). The van der Waals surface area contributed by atoms with Gasteiger partial charge in [0.05, 0.1) is 28.8 Å². The third-order valence-corrected chi connectivity index (χ3v) is 5.07. The number of sulfonamides is 1. The van der Waals surface area contributed by atoms with Crippen LogP contribution in [-0.2, 0) is 14.8 Å². The average Bonchev–Trinajstić information content (AvgIpc) is 2.58. The second-order valence-electron chi connectivity index (χ2n) is 5.47. The highest BCUT2D eigenvalue weighted by atomic mass is 79.9. The molecule has 0 radical (unpaired) electrons. The van der Waals surface area contributed by atoms with Crippen LogP contribution < -0.4 is 15.2 Å². The fourth-order valence-corrected chi connectivity index (χ4v) is 3.10. The van der Waals surface area contributed by atoms with Crippen molar-refractivity contribution in [2.24, 2.45) is 5.14 Å². The third kappa shape index (κ3) is 4.88. The highest BCUT2D eigenvalue weighted by Gasteiger charge is 2.18. The van der Waals surface area contributed by atoms with Gasteiger partial charge in [-0.05, 0) is 40.2 Å². The quantitative estimate of drug-likeness (QED) is 0.749. The van der Waals surface area contributed by atoms with Crippen LogP contribution in [0.25, 0.3) is 0 Å². The first-order chi connectivity index (χ1) is 11.9. The molecule has 0 amide bonds. The summed E-state index contributed by atoms with van der Waals surface area (Å²) in [6.07, 6.45) is 3.28. The number of rotatable bonds is 5. The van der Waals surface area contributed by atoms with E-state index in [-0.39, 0.29) is 11.0 Å². The monoisotopic (exact) mass is 428 g/mol. The van der Waals surface area contributed by atoms with E-state index in [0.717, 1.165) is 12.8 Å². The smallest absolute Gasteiger partial charge is 0.238 e. The lowest BCUT2D eigenvalue weighted by molar-refractivity contribution is 0.0234. The zero-order chi connectivity index (χ0) is 17.9. The highest BCUT2D eigenvalue weighted by molar-refractivity contribution is 9.10. The molecule has 0 bridgehead atoms. The molecule has 1 aliphatic rings. The van der Waals surface area contributed by atoms with E-state index in [1.807, 2.05) is 0 Å². The normalized spacial score (nSPS) is 15.8. The summed E-state index contributed by atoms with van der Waals surface area (Å²) in [5.74, 6) is 0.791. The Kier molecular flexibility index (Phi) is 5.52. The predicted octanol–water partition coefficient (Wildman–Crippen LogP) is 2.19. The number of nitrogens with two attached hydrogens (primary N) is 1.